The third-order valence-corrected chi connectivity index (χ3v) is 26.2. The number of aliphatic hydroxyl groups is 4. The van der Waals surface area contributed by atoms with Crippen LogP contribution >= 0.6 is 34.8 Å². The minimum Gasteiger partial charge on any atom is -0.491 e. The van der Waals surface area contributed by atoms with E-state index in [1.54, 1.807) is 37.3 Å². The van der Waals surface area contributed by atoms with E-state index in [2.05, 4.69) is 91.0 Å². The van der Waals surface area contributed by atoms with E-state index in [0.29, 0.717) is 32.7 Å². The number of benzene rings is 8. The lowest BCUT2D eigenvalue weighted by Gasteiger charge is -2.34. The molecule has 1 amide bonds. The van der Waals surface area contributed by atoms with Gasteiger partial charge in [-0.3, -0.25) is 9.59 Å². The van der Waals surface area contributed by atoms with Crippen LogP contribution in [0, 0.1) is 49.4 Å². The van der Waals surface area contributed by atoms with E-state index in [1.807, 2.05) is 202 Å². The summed E-state index contributed by atoms with van der Waals surface area (Å²) in [5.74, 6) is -0.562. The Bertz CT molecular complexity index is 4740. The molecule has 0 radical (unpaired) electrons. The summed E-state index contributed by atoms with van der Waals surface area (Å²) in [4.78, 5) is 58.2. The molecule has 678 valence electrons. The smallest absolute Gasteiger partial charge is 0.337 e. The van der Waals surface area contributed by atoms with Crippen LogP contribution in [0.3, 0.4) is 0 Å². The molecule has 4 unspecified atom stereocenters. The molecule has 0 saturated heterocycles. The molecule has 0 aliphatic heterocycles. The van der Waals surface area contributed by atoms with Crippen molar-refractivity contribution in [3.05, 3.63) is 256 Å². The van der Waals surface area contributed by atoms with Crippen molar-refractivity contribution in [2.75, 3.05) is 26.4 Å². The van der Waals surface area contributed by atoms with Crippen molar-refractivity contribution in [3.8, 4) is 23.0 Å². The number of ether oxygens (including phenoxy) is 4. The summed E-state index contributed by atoms with van der Waals surface area (Å²) in [6.07, 6.45) is 4.54. The second-order valence-corrected chi connectivity index (χ2v) is 38.5. The van der Waals surface area contributed by atoms with Gasteiger partial charge >= 0.3 is 17.9 Å². The number of halogens is 3. The maximum absolute atomic E-state index is 12.7. The molecule has 0 aliphatic rings. The maximum atomic E-state index is 12.7. The first-order chi connectivity index (χ1) is 57.7. The zero-order chi connectivity index (χ0) is 93.8. The fraction of sp³-hybridized carbons (Fsp3) is 0.490. The van der Waals surface area contributed by atoms with Gasteiger partial charge in [-0.1, -0.05) is 252 Å². The number of amides is 1. The average molecular weight is 1770 g/mol. The first kappa shape index (κ1) is 106. The van der Waals surface area contributed by atoms with Gasteiger partial charge in [0.1, 0.15) is 49.4 Å². The summed E-state index contributed by atoms with van der Waals surface area (Å²) in [5.41, 5.74) is 11.6. The van der Waals surface area contributed by atoms with Crippen LogP contribution in [0.25, 0.3) is 0 Å². The molecule has 5 atom stereocenters. The van der Waals surface area contributed by atoms with Gasteiger partial charge in [-0.15, -0.1) is 0 Å². The number of carbonyl (C=O) groups is 5. The molecular weight excluding hydrogens is 1630 g/mol. The molecule has 17 nitrogen and oxygen atoms in total. The first-order valence-electron chi connectivity index (χ1n) is 43.4. The second-order valence-electron chi connectivity index (χ2n) is 37.2. The highest BCUT2D eigenvalue weighted by atomic mass is 35.5. The number of carboxylic acids is 3. The highest BCUT2D eigenvalue weighted by Gasteiger charge is 2.38. The molecule has 0 saturated carbocycles. The summed E-state index contributed by atoms with van der Waals surface area (Å²) < 4.78 is 23.4. The molecule has 0 bridgehead atoms. The highest BCUT2D eigenvalue weighted by molar-refractivity contribution is 6.33. The van der Waals surface area contributed by atoms with E-state index >= 15 is 0 Å². The average Bonchev–Trinajstić information content (AvgIpc) is 0.787. The lowest BCUT2D eigenvalue weighted by Crippen LogP contribution is -2.37. The van der Waals surface area contributed by atoms with Gasteiger partial charge in [0.05, 0.1) is 62.2 Å². The molecular formula is C104H140Cl3NO16. The molecule has 8 rings (SSSR count). The number of nitrogens with one attached hydrogen (secondary N) is 1. The number of carbonyl (C=O) groups excluding carboxylic acids is 2. The molecule has 0 aliphatic carbocycles. The number of aromatic carboxylic acids is 3. The number of carboxylic acid groups (broad SMARTS) is 3. The zero-order valence-electron chi connectivity index (χ0n) is 78.2. The van der Waals surface area contributed by atoms with Crippen LogP contribution in [0.1, 0.15) is 312 Å². The van der Waals surface area contributed by atoms with Crippen molar-refractivity contribution in [3.63, 3.8) is 0 Å². The van der Waals surface area contributed by atoms with Crippen LogP contribution in [0.15, 0.2) is 152 Å². The van der Waals surface area contributed by atoms with Crippen LogP contribution < -0.4 is 24.3 Å². The van der Waals surface area contributed by atoms with E-state index in [1.165, 1.54) is 12.5 Å². The molecule has 0 aromatic heterocycles. The lowest BCUT2D eigenvalue weighted by atomic mass is 9.70. The lowest BCUT2D eigenvalue weighted by molar-refractivity contribution is -0.118. The summed E-state index contributed by atoms with van der Waals surface area (Å²) in [6, 6.07) is 47.3. The normalized spacial score (nSPS) is 13.4. The molecule has 8 N–H and O–H groups in total. The Morgan fingerprint density at radius 1 is 0.323 bits per heavy atom. The number of aryl methyl sites for hydroxylation is 4. The maximum Gasteiger partial charge on any atom is 0.337 e. The van der Waals surface area contributed by atoms with E-state index in [-0.39, 0.29) is 97.6 Å². The number of aliphatic hydroxyl groups excluding tert-OH is 4. The molecule has 0 spiro atoms. The Balaban J connectivity index is 0.000000294. The Morgan fingerprint density at radius 2 is 0.565 bits per heavy atom. The zero-order valence-corrected chi connectivity index (χ0v) is 80.5. The van der Waals surface area contributed by atoms with Gasteiger partial charge in [-0.25, -0.2) is 14.4 Å². The second kappa shape index (κ2) is 45.1. The van der Waals surface area contributed by atoms with Crippen molar-refractivity contribution < 1.29 is 78.7 Å². The Morgan fingerprint density at radius 3 is 0.815 bits per heavy atom. The fourth-order valence-corrected chi connectivity index (χ4v) is 16.1. The van der Waals surface area contributed by atoms with E-state index in [4.69, 9.17) is 58.9 Å². The third kappa shape index (κ3) is 26.4. The van der Waals surface area contributed by atoms with Gasteiger partial charge in [0, 0.05) is 27.2 Å². The van der Waals surface area contributed by atoms with Gasteiger partial charge < -0.3 is 60.0 Å². The van der Waals surface area contributed by atoms with Gasteiger partial charge in [-0.2, -0.15) is 0 Å². The van der Waals surface area contributed by atoms with Crippen molar-refractivity contribution in [1.29, 1.82) is 0 Å². The predicted molar refractivity (Wildman–Crippen MR) is 503 cm³/mol. The number of Topliss-reactive ketones (excluding diaryl/α,β-unsaturated/α-hetero) is 1. The molecule has 124 heavy (non-hydrogen) atoms. The van der Waals surface area contributed by atoms with Gasteiger partial charge in [0.25, 0.3) is 5.91 Å². The number of rotatable bonds is 34. The minimum atomic E-state index is -1.03. The quantitative estimate of drug-likeness (QED) is 0.0186. The monoisotopic (exact) mass is 1760 g/mol. The van der Waals surface area contributed by atoms with Gasteiger partial charge in [0.15, 0.2) is 5.78 Å². The summed E-state index contributed by atoms with van der Waals surface area (Å²) in [5, 5.41) is 72.8. The number of ketones is 1. The minimum absolute atomic E-state index is 0.0701. The van der Waals surface area contributed by atoms with Gasteiger partial charge in [-0.05, 0) is 254 Å². The predicted octanol–water partition coefficient (Wildman–Crippen LogP) is 24.3. The van der Waals surface area contributed by atoms with Crippen LogP contribution in [0.5, 0.6) is 23.0 Å². The standard InChI is InChI=1S/C30H43NO4.2C25H33ClO4.C24H31ClO4/c1-10-30(11-2,23-12-14-25(19(3)16-23)28(34)31-21(5)22(6)32)24-13-15-26(20(4)17-24)35-18-27(33)29(7,8)9;1-7-25(8-2,18-9-11-19(23(28)29)20(26)14-18)17-10-12-21(16(3)13-17)30-15-22(27)24(4,5)6;1-7-25(8-2,17-9-11-19(23(28)29)16(3)13-17)18-10-12-21(20(26)14-18)30-15-22(27)24(4,5)6;1-6-24(7-2,17-10-8-16(9-11-17)22(27)28)18-12-13-20(19(25)14-18)29-15-21(26)23(3,4)5/h12-17,21,27,33H,10-11,18H2,1-9H3,(H,31,34);2*9-14,22,27H,7-8,15H2,1-6H3,(H,28,29);8-14,21,26H,6-7,15H2,1-5H3,(H,27,28)/t21-,27?;;;/m1.../s1. The topological polar surface area (TPSA) is 276 Å². The molecule has 20 heteroatoms. The van der Waals surface area contributed by atoms with Crippen LogP contribution in [-0.4, -0.2) is 122 Å². The first-order valence-corrected chi connectivity index (χ1v) is 44.6. The highest BCUT2D eigenvalue weighted by Crippen LogP contribution is 2.47. The summed E-state index contributed by atoms with van der Waals surface area (Å²) in [7, 11) is 0. The molecule has 0 fully saturated rings. The van der Waals surface area contributed by atoms with Crippen LogP contribution in [0.4, 0.5) is 0 Å². The largest absolute Gasteiger partial charge is 0.491 e. The van der Waals surface area contributed by atoms with E-state index in [0.717, 1.165) is 124 Å². The van der Waals surface area contributed by atoms with Crippen molar-refractivity contribution in [2.45, 2.75) is 284 Å². The Hall–Kier alpha value is -8.78. The Labute approximate surface area is 754 Å². The summed E-state index contributed by atoms with van der Waals surface area (Å²) in [6.45, 7) is 52.6. The van der Waals surface area contributed by atoms with Crippen molar-refractivity contribution in [1.82, 2.24) is 5.32 Å². The number of hydrogen-bond donors (Lipinski definition) is 8. The van der Waals surface area contributed by atoms with E-state index in [9.17, 15) is 54.6 Å². The Kier molecular flexibility index (Phi) is 38.4. The van der Waals surface area contributed by atoms with Crippen LogP contribution in [0.2, 0.25) is 15.1 Å². The molecule has 8 aromatic carbocycles. The van der Waals surface area contributed by atoms with Gasteiger partial charge in [0.2, 0.25) is 0 Å². The van der Waals surface area contributed by atoms with Crippen molar-refractivity contribution in [2.24, 2.45) is 21.7 Å². The van der Waals surface area contributed by atoms with Crippen LogP contribution in [-0.2, 0) is 26.5 Å². The molecule has 0 heterocycles. The fourth-order valence-electron chi connectivity index (χ4n) is 15.4. The molecule has 8 aromatic rings. The SMILES string of the molecule is CCC(CC)(c1ccc(C(=O)O)c(C)c1)c1ccc(OCC(O)C(C)(C)C)c(Cl)c1.CCC(CC)(c1ccc(C(=O)O)cc1)c1ccc(OCC(O)C(C)(C)C)c(Cl)c1.CCC(CC)(c1ccc(OCC(O)C(C)(C)C)c(C)c1)c1ccc(C(=O)N[C@H](C)C(C)=O)c(C)c1.CCC(CC)(c1ccc(OCC(O)C(C)(C)C)c(C)c1)c1ccc(C(=O)O)c(Cl)c1. The summed E-state index contributed by atoms with van der Waals surface area (Å²) >= 11 is 19.3. The van der Waals surface area contributed by atoms with Crippen molar-refractivity contribution >= 4 is 64.4 Å². The number of hydrogen-bond acceptors (Lipinski definition) is 13. The third-order valence-electron chi connectivity index (χ3n) is 25.3. The van der Waals surface area contributed by atoms with E-state index < -0.39 is 48.4 Å².